The van der Waals surface area contributed by atoms with Gasteiger partial charge in [-0.25, -0.2) is 4.79 Å². The fourth-order valence-corrected chi connectivity index (χ4v) is 2.58. The van der Waals surface area contributed by atoms with Crippen LogP contribution in [0.15, 0.2) is 29.1 Å². The summed E-state index contributed by atoms with van der Waals surface area (Å²) in [5.41, 5.74) is 1.25. The predicted molar refractivity (Wildman–Crippen MR) is 86.3 cm³/mol. The monoisotopic (exact) mass is 319 g/mol. The molecule has 0 spiro atoms. The van der Waals surface area contributed by atoms with E-state index in [1.165, 1.54) is 9.47 Å². The first-order valence-electron chi connectivity index (χ1n) is 7.51. The summed E-state index contributed by atoms with van der Waals surface area (Å²) in [7, 11) is 1.55. The van der Waals surface area contributed by atoms with Crippen LogP contribution in [-0.2, 0) is 22.7 Å². The van der Waals surface area contributed by atoms with Gasteiger partial charge in [0.05, 0.1) is 17.0 Å². The summed E-state index contributed by atoms with van der Waals surface area (Å²) < 4.78 is 3.05. The van der Waals surface area contributed by atoms with E-state index in [9.17, 15) is 14.4 Å². The van der Waals surface area contributed by atoms with Crippen molar-refractivity contribution in [1.82, 2.24) is 14.0 Å². The van der Waals surface area contributed by atoms with Crippen LogP contribution in [0.3, 0.4) is 0 Å². The molecule has 0 bridgehead atoms. The summed E-state index contributed by atoms with van der Waals surface area (Å²) >= 11 is 0. The van der Waals surface area contributed by atoms with Gasteiger partial charge in [0.1, 0.15) is 6.54 Å². The van der Waals surface area contributed by atoms with Crippen molar-refractivity contribution in [3.63, 3.8) is 0 Å². The Hall–Kier alpha value is -2.57. The highest BCUT2D eigenvalue weighted by Crippen LogP contribution is 2.13. The first-order valence-corrected chi connectivity index (χ1v) is 7.51. The molecular weight excluding hydrogens is 298 g/mol. The molecule has 0 aliphatic rings. The number of rotatable bonds is 6. The molecule has 1 aromatic heterocycles. The number of benzene rings is 1. The number of para-hydroxylation sites is 2. The Morgan fingerprint density at radius 2 is 1.78 bits per heavy atom. The number of imidazole rings is 1. The Balaban J connectivity index is 2.28. The Kier molecular flexibility index (Phi) is 4.88. The molecule has 2 aromatic rings. The van der Waals surface area contributed by atoms with E-state index in [4.69, 9.17) is 5.11 Å². The van der Waals surface area contributed by atoms with Crippen LogP contribution in [0.5, 0.6) is 0 Å². The van der Waals surface area contributed by atoms with Crippen LogP contribution in [0, 0.1) is 5.92 Å². The lowest BCUT2D eigenvalue weighted by Crippen LogP contribution is -2.38. The van der Waals surface area contributed by atoms with Gasteiger partial charge in [-0.15, -0.1) is 0 Å². The van der Waals surface area contributed by atoms with Crippen LogP contribution < -0.4 is 5.69 Å². The number of aromatic nitrogens is 2. The molecule has 1 N–H and O–H groups in total. The van der Waals surface area contributed by atoms with Crippen molar-refractivity contribution in [2.75, 3.05) is 13.6 Å². The lowest BCUT2D eigenvalue weighted by atomic mass is 10.2. The molecule has 7 nitrogen and oxygen atoms in total. The maximum Gasteiger partial charge on any atom is 0.329 e. The zero-order valence-corrected chi connectivity index (χ0v) is 13.5. The summed E-state index contributed by atoms with van der Waals surface area (Å²) in [5.74, 6) is -1.90. The first kappa shape index (κ1) is 16.8. The van der Waals surface area contributed by atoms with Gasteiger partial charge in [-0.1, -0.05) is 19.1 Å². The molecular formula is C16H21N3O4. The predicted octanol–water partition coefficient (Wildman–Crippen LogP) is 1.00. The summed E-state index contributed by atoms with van der Waals surface area (Å²) in [4.78, 5) is 37.0. The maximum atomic E-state index is 12.5. The highest BCUT2D eigenvalue weighted by Gasteiger charge is 2.20. The third kappa shape index (κ3) is 3.28. The molecule has 1 atom stereocenters. The number of hydrogen-bond donors (Lipinski definition) is 1. The maximum absolute atomic E-state index is 12.5. The van der Waals surface area contributed by atoms with Crippen molar-refractivity contribution in [3.05, 3.63) is 34.7 Å². The van der Waals surface area contributed by atoms with Crippen molar-refractivity contribution in [2.24, 2.45) is 5.92 Å². The average Bonchev–Trinajstić information content (AvgIpc) is 2.79. The van der Waals surface area contributed by atoms with Gasteiger partial charge in [-0.05, 0) is 19.1 Å². The zero-order chi connectivity index (χ0) is 17.1. The summed E-state index contributed by atoms with van der Waals surface area (Å²) in [6, 6.07) is 7.31. The van der Waals surface area contributed by atoms with Crippen molar-refractivity contribution in [3.8, 4) is 0 Å². The van der Waals surface area contributed by atoms with Crippen molar-refractivity contribution in [1.29, 1.82) is 0 Å². The van der Waals surface area contributed by atoms with Crippen LogP contribution in [0.2, 0.25) is 0 Å². The lowest BCUT2D eigenvalue weighted by molar-refractivity contribution is -0.142. The van der Waals surface area contributed by atoms with E-state index in [1.807, 2.05) is 25.1 Å². The number of likely N-dealkylation sites (N-methyl/N-ethyl adjacent to an activating group) is 1. The second-order valence-corrected chi connectivity index (χ2v) is 5.62. The molecule has 0 saturated carbocycles. The Labute approximate surface area is 133 Å². The smallest absolute Gasteiger partial charge is 0.329 e. The molecule has 1 amide bonds. The third-order valence-corrected chi connectivity index (χ3v) is 3.93. The largest absolute Gasteiger partial charge is 0.481 e. The molecule has 124 valence electrons. The van der Waals surface area contributed by atoms with E-state index in [0.717, 1.165) is 5.52 Å². The van der Waals surface area contributed by atoms with E-state index in [-0.39, 0.29) is 24.7 Å². The minimum atomic E-state index is -0.954. The number of amides is 1. The second-order valence-electron chi connectivity index (χ2n) is 5.62. The standard InChI is InChI=1S/C16H21N3O4/c1-4-18-12-7-5-6-8-13(12)19(16(18)23)10-14(20)17(3)9-11(2)15(21)22/h5-8,11H,4,9-10H2,1-3H3,(H,21,22). The molecule has 23 heavy (non-hydrogen) atoms. The number of nitrogens with zero attached hydrogens (tertiary/aromatic N) is 3. The Morgan fingerprint density at radius 3 is 2.30 bits per heavy atom. The fourth-order valence-electron chi connectivity index (χ4n) is 2.58. The number of aryl methyl sites for hydroxylation is 1. The number of hydrogen-bond acceptors (Lipinski definition) is 3. The molecule has 1 unspecified atom stereocenters. The van der Waals surface area contributed by atoms with E-state index in [1.54, 1.807) is 24.6 Å². The molecule has 0 radical (unpaired) electrons. The van der Waals surface area contributed by atoms with Gasteiger partial charge >= 0.3 is 11.7 Å². The quantitative estimate of drug-likeness (QED) is 0.861. The second kappa shape index (κ2) is 6.68. The van der Waals surface area contributed by atoms with Crippen molar-refractivity contribution in [2.45, 2.75) is 26.9 Å². The average molecular weight is 319 g/mol. The number of carbonyl (C=O) groups excluding carboxylic acids is 1. The minimum absolute atomic E-state index is 0.102. The molecule has 1 aromatic carbocycles. The van der Waals surface area contributed by atoms with E-state index in [2.05, 4.69) is 0 Å². The molecule has 0 aliphatic carbocycles. The normalized spacial score (nSPS) is 12.3. The molecule has 7 heteroatoms. The van der Waals surface area contributed by atoms with Crippen LogP contribution in [0.25, 0.3) is 11.0 Å². The van der Waals surface area contributed by atoms with Gasteiger partial charge in [-0.3, -0.25) is 18.7 Å². The number of carboxylic acid groups (broad SMARTS) is 1. The van der Waals surface area contributed by atoms with Gasteiger partial charge in [0.25, 0.3) is 0 Å². The fraction of sp³-hybridized carbons (Fsp3) is 0.438. The van der Waals surface area contributed by atoms with Gasteiger partial charge in [0.15, 0.2) is 0 Å². The number of carboxylic acids is 1. The summed E-state index contributed by atoms with van der Waals surface area (Å²) in [6.07, 6.45) is 0. The van der Waals surface area contributed by atoms with Crippen LogP contribution in [0.1, 0.15) is 13.8 Å². The van der Waals surface area contributed by atoms with Gasteiger partial charge < -0.3 is 10.0 Å². The number of aliphatic carboxylic acids is 1. The first-order chi connectivity index (χ1) is 10.9. The SMILES string of the molecule is CCn1c(=O)n(CC(=O)N(C)CC(C)C(=O)O)c2ccccc21. The highest BCUT2D eigenvalue weighted by molar-refractivity contribution is 5.81. The van der Waals surface area contributed by atoms with E-state index >= 15 is 0 Å². The molecule has 2 rings (SSSR count). The minimum Gasteiger partial charge on any atom is -0.481 e. The lowest BCUT2D eigenvalue weighted by Gasteiger charge is -2.19. The van der Waals surface area contributed by atoms with Crippen molar-refractivity contribution >= 4 is 22.9 Å². The van der Waals surface area contributed by atoms with Crippen LogP contribution in [-0.4, -0.2) is 44.6 Å². The Bertz CT molecular complexity index is 790. The zero-order valence-electron chi connectivity index (χ0n) is 13.5. The third-order valence-electron chi connectivity index (χ3n) is 3.93. The molecule has 1 heterocycles. The molecule has 0 saturated heterocycles. The van der Waals surface area contributed by atoms with Gasteiger partial charge in [-0.2, -0.15) is 0 Å². The number of carbonyl (C=O) groups is 2. The highest BCUT2D eigenvalue weighted by atomic mass is 16.4. The number of fused-ring (bicyclic) bond motifs is 1. The van der Waals surface area contributed by atoms with Gasteiger partial charge in [0.2, 0.25) is 5.91 Å². The summed E-state index contributed by atoms with van der Waals surface area (Å²) in [5, 5.41) is 8.93. The van der Waals surface area contributed by atoms with Crippen LogP contribution >= 0.6 is 0 Å². The summed E-state index contributed by atoms with van der Waals surface area (Å²) in [6.45, 7) is 3.94. The van der Waals surface area contributed by atoms with Crippen LogP contribution in [0.4, 0.5) is 0 Å². The topological polar surface area (TPSA) is 84.5 Å². The van der Waals surface area contributed by atoms with Crippen molar-refractivity contribution < 1.29 is 14.7 Å². The molecule has 0 aliphatic heterocycles. The Morgan fingerprint density at radius 1 is 1.22 bits per heavy atom. The van der Waals surface area contributed by atoms with E-state index in [0.29, 0.717) is 12.1 Å². The van der Waals surface area contributed by atoms with E-state index < -0.39 is 11.9 Å². The van der Waals surface area contributed by atoms with Gasteiger partial charge in [0, 0.05) is 20.1 Å². The molecule has 0 fully saturated rings.